The second kappa shape index (κ2) is 7.25. The van der Waals surface area contributed by atoms with Gasteiger partial charge in [-0.2, -0.15) is 0 Å². The molecule has 0 saturated heterocycles. The topological polar surface area (TPSA) is 67.4 Å². The number of thiophene rings is 1. The smallest absolute Gasteiger partial charge is 0.350 e. The Kier molecular flexibility index (Phi) is 5.98. The fourth-order valence-electron chi connectivity index (χ4n) is 1.55. The van der Waals surface area contributed by atoms with Gasteiger partial charge in [0, 0.05) is 4.88 Å². The maximum Gasteiger partial charge on any atom is 0.350 e. The maximum absolute atomic E-state index is 12.0. The molecule has 0 aliphatic heterocycles. The van der Waals surface area contributed by atoms with E-state index in [0.717, 1.165) is 17.8 Å². The maximum atomic E-state index is 12.0. The molecule has 1 amide bonds. The number of hydrogen-bond acceptors (Lipinski definition) is 5. The summed E-state index contributed by atoms with van der Waals surface area (Å²) in [4.78, 5) is 24.9. The molecule has 5 nitrogen and oxygen atoms in total. The van der Waals surface area contributed by atoms with Crippen molar-refractivity contribution in [1.82, 2.24) is 5.32 Å². The highest BCUT2D eigenvalue weighted by Crippen LogP contribution is 2.27. The molecule has 1 unspecified atom stereocenters. The summed E-state index contributed by atoms with van der Waals surface area (Å²) in [5, 5.41) is 5.86. The summed E-state index contributed by atoms with van der Waals surface area (Å²) in [7, 11) is 1.33. The summed E-state index contributed by atoms with van der Waals surface area (Å²) in [5.74, 6) is -0.584. The zero-order valence-electron chi connectivity index (χ0n) is 11.7. The van der Waals surface area contributed by atoms with Gasteiger partial charge in [0.15, 0.2) is 0 Å². The standard InChI is InChI=1S/C13H20N2O3S/c1-5-6-14-9(3)12(16)15-10-7-8(2)19-11(10)13(17)18-4/h7,9,14H,5-6H2,1-4H3,(H,15,16). The van der Waals surface area contributed by atoms with Crippen LogP contribution in [0.2, 0.25) is 0 Å². The van der Waals surface area contributed by atoms with Gasteiger partial charge in [0.25, 0.3) is 0 Å². The van der Waals surface area contributed by atoms with E-state index >= 15 is 0 Å². The molecule has 0 fully saturated rings. The van der Waals surface area contributed by atoms with Gasteiger partial charge in [-0.05, 0) is 32.9 Å². The van der Waals surface area contributed by atoms with Crippen molar-refractivity contribution in [3.63, 3.8) is 0 Å². The molecule has 0 saturated carbocycles. The number of rotatable bonds is 6. The number of ether oxygens (including phenoxy) is 1. The molecular weight excluding hydrogens is 264 g/mol. The predicted octanol–water partition coefficient (Wildman–Crippen LogP) is 2.17. The van der Waals surface area contributed by atoms with E-state index in [-0.39, 0.29) is 11.9 Å². The van der Waals surface area contributed by atoms with E-state index in [0.29, 0.717) is 10.6 Å². The number of aryl methyl sites for hydroxylation is 1. The lowest BCUT2D eigenvalue weighted by Crippen LogP contribution is -2.38. The van der Waals surface area contributed by atoms with Crippen LogP contribution in [0.25, 0.3) is 0 Å². The van der Waals surface area contributed by atoms with E-state index in [9.17, 15) is 9.59 Å². The average Bonchev–Trinajstić information content (AvgIpc) is 2.75. The van der Waals surface area contributed by atoms with Crippen LogP contribution in [0.15, 0.2) is 6.07 Å². The van der Waals surface area contributed by atoms with E-state index in [2.05, 4.69) is 10.6 Å². The number of methoxy groups -OCH3 is 1. The minimum atomic E-state index is -0.428. The largest absolute Gasteiger partial charge is 0.465 e. The van der Waals surface area contributed by atoms with Crippen LogP contribution in [-0.2, 0) is 9.53 Å². The van der Waals surface area contributed by atoms with Crippen molar-refractivity contribution in [3.8, 4) is 0 Å². The average molecular weight is 284 g/mol. The zero-order valence-corrected chi connectivity index (χ0v) is 12.5. The van der Waals surface area contributed by atoms with Gasteiger partial charge in [-0.1, -0.05) is 6.92 Å². The predicted molar refractivity (Wildman–Crippen MR) is 76.8 cm³/mol. The van der Waals surface area contributed by atoms with Gasteiger partial charge in [0.2, 0.25) is 5.91 Å². The first kappa shape index (κ1) is 15.7. The van der Waals surface area contributed by atoms with Gasteiger partial charge in [-0.3, -0.25) is 4.79 Å². The third-order valence-electron chi connectivity index (χ3n) is 2.58. The Morgan fingerprint density at radius 2 is 2.16 bits per heavy atom. The summed E-state index contributed by atoms with van der Waals surface area (Å²) in [5.41, 5.74) is 0.518. The third kappa shape index (κ3) is 4.33. The Balaban J connectivity index is 2.76. The van der Waals surface area contributed by atoms with E-state index in [1.807, 2.05) is 13.8 Å². The number of hydrogen-bond donors (Lipinski definition) is 2. The van der Waals surface area contributed by atoms with Crippen molar-refractivity contribution in [3.05, 3.63) is 15.8 Å². The highest BCUT2D eigenvalue weighted by molar-refractivity contribution is 7.14. The molecule has 2 N–H and O–H groups in total. The molecule has 6 heteroatoms. The summed E-state index contributed by atoms with van der Waals surface area (Å²) in [6, 6.07) is 1.48. The molecule has 0 bridgehead atoms. The van der Waals surface area contributed by atoms with Gasteiger partial charge in [-0.15, -0.1) is 11.3 Å². The quantitative estimate of drug-likeness (QED) is 0.786. The van der Waals surface area contributed by atoms with Crippen LogP contribution in [0.1, 0.15) is 34.8 Å². The Morgan fingerprint density at radius 3 is 2.74 bits per heavy atom. The summed E-state index contributed by atoms with van der Waals surface area (Å²) >= 11 is 1.31. The lowest BCUT2D eigenvalue weighted by atomic mass is 10.2. The van der Waals surface area contributed by atoms with Gasteiger partial charge in [0.1, 0.15) is 4.88 Å². The van der Waals surface area contributed by atoms with Crippen LogP contribution in [0.3, 0.4) is 0 Å². The SMILES string of the molecule is CCCNC(C)C(=O)Nc1cc(C)sc1C(=O)OC. The lowest BCUT2D eigenvalue weighted by molar-refractivity contribution is -0.117. The van der Waals surface area contributed by atoms with E-state index in [4.69, 9.17) is 4.74 Å². The first-order chi connectivity index (χ1) is 8.99. The number of anilines is 1. The second-order valence-corrected chi connectivity index (χ2v) is 5.51. The summed E-state index contributed by atoms with van der Waals surface area (Å²) < 4.78 is 4.70. The molecule has 0 spiro atoms. The molecule has 106 valence electrons. The number of amides is 1. The van der Waals surface area contributed by atoms with E-state index in [1.54, 1.807) is 13.0 Å². The Hall–Kier alpha value is -1.40. The zero-order chi connectivity index (χ0) is 14.4. The van der Waals surface area contributed by atoms with Gasteiger partial charge in [-0.25, -0.2) is 4.79 Å². The van der Waals surface area contributed by atoms with Crippen molar-refractivity contribution < 1.29 is 14.3 Å². The third-order valence-corrected chi connectivity index (χ3v) is 3.61. The van der Waals surface area contributed by atoms with Crippen LogP contribution in [-0.4, -0.2) is 31.6 Å². The van der Waals surface area contributed by atoms with Gasteiger partial charge < -0.3 is 15.4 Å². The summed E-state index contributed by atoms with van der Waals surface area (Å²) in [6.07, 6.45) is 0.961. The Labute approximate surface area is 117 Å². The van der Waals surface area contributed by atoms with Crippen molar-refractivity contribution in [2.24, 2.45) is 0 Å². The molecule has 1 aromatic heterocycles. The highest BCUT2D eigenvalue weighted by Gasteiger charge is 2.19. The van der Waals surface area contributed by atoms with Crippen molar-refractivity contribution in [2.45, 2.75) is 33.2 Å². The van der Waals surface area contributed by atoms with Crippen molar-refractivity contribution in [2.75, 3.05) is 19.0 Å². The highest BCUT2D eigenvalue weighted by atomic mass is 32.1. The van der Waals surface area contributed by atoms with E-state index in [1.165, 1.54) is 18.4 Å². The van der Waals surface area contributed by atoms with Crippen molar-refractivity contribution in [1.29, 1.82) is 0 Å². The van der Waals surface area contributed by atoms with Crippen LogP contribution >= 0.6 is 11.3 Å². The minimum absolute atomic E-state index is 0.156. The van der Waals surface area contributed by atoms with E-state index < -0.39 is 5.97 Å². The number of nitrogens with one attached hydrogen (secondary N) is 2. The molecule has 1 rings (SSSR count). The number of esters is 1. The fraction of sp³-hybridized carbons (Fsp3) is 0.538. The summed E-state index contributed by atoms with van der Waals surface area (Å²) in [6.45, 7) is 6.49. The molecule has 0 aliphatic carbocycles. The number of carbonyl (C=O) groups is 2. The lowest BCUT2D eigenvalue weighted by Gasteiger charge is -2.13. The molecule has 19 heavy (non-hydrogen) atoms. The van der Waals surface area contributed by atoms with Crippen molar-refractivity contribution >= 4 is 28.9 Å². The molecule has 0 aliphatic rings. The van der Waals surface area contributed by atoms with Crippen LogP contribution in [0, 0.1) is 6.92 Å². The van der Waals surface area contributed by atoms with Crippen LogP contribution in [0.5, 0.6) is 0 Å². The first-order valence-corrected chi connectivity index (χ1v) is 7.04. The number of carbonyl (C=O) groups excluding carboxylic acids is 2. The monoisotopic (exact) mass is 284 g/mol. The minimum Gasteiger partial charge on any atom is -0.465 e. The van der Waals surface area contributed by atoms with Crippen LogP contribution in [0.4, 0.5) is 5.69 Å². The fourth-order valence-corrected chi connectivity index (χ4v) is 2.43. The molecule has 0 radical (unpaired) electrons. The van der Waals surface area contributed by atoms with Gasteiger partial charge >= 0.3 is 5.97 Å². The normalized spacial score (nSPS) is 12.0. The molecule has 0 aromatic carbocycles. The molecule has 1 heterocycles. The molecule has 1 aromatic rings. The molecular formula is C13H20N2O3S. The Morgan fingerprint density at radius 1 is 1.47 bits per heavy atom. The van der Waals surface area contributed by atoms with Crippen LogP contribution < -0.4 is 10.6 Å². The first-order valence-electron chi connectivity index (χ1n) is 6.22. The van der Waals surface area contributed by atoms with Gasteiger partial charge in [0.05, 0.1) is 18.8 Å². The molecule has 1 atom stereocenters. The second-order valence-electron chi connectivity index (χ2n) is 4.26. The Bertz CT molecular complexity index is 457.